The third-order valence-electron chi connectivity index (χ3n) is 2.83. The van der Waals surface area contributed by atoms with Crippen molar-refractivity contribution in [3.05, 3.63) is 52.6 Å². The van der Waals surface area contributed by atoms with Gasteiger partial charge in [0.05, 0.1) is 11.8 Å². The molecule has 21 heavy (non-hydrogen) atoms. The first-order chi connectivity index (χ1) is 10.2. The fourth-order valence-corrected chi connectivity index (χ4v) is 2.23. The van der Waals surface area contributed by atoms with Crippen LogP contribution in [-0.2, 0) is 0 Å². The normalized spacial score (nSPS) is 11.9. The number of amidine groups is 1. The van der Waals surface area contributed by atoms with E-state index in [1.807, 2.05) is 5.48 Å². The smallest absolute Gasteiger partial charge is 0.178 e. The summed E-state index contributed by atoms with van der Waals surface area (Å²) in [6.45, 7) is 0. The van der Waals surface area contributed by atoms with Crippen molar-refractivity contribution >= 4 is 38.6 Å². The van der Waals surface area contributed by atoms with Gasteiger partial charge in [0, 0.05) is 16.2 Å². The number of benzene rings is 1. The standard InChI is InChI=1S/C13H9BrFN5O/c14-7-1-2-9(15)10(5-7)19-12(20-21)8-3-4-16-13-11(8)17-6-18-13/h1-6,21H,(H,19,20)(H,16,17,18). The van der Waals surface area contributed by atoms with Gasteiger partial charge in [0.15, 0.2) is 11.5 Å². The quantitative estimate of drug-likeness (QED) is 0.377. The van der Waals surface area contributed by atoms with Crippen molar-refractivity contribution in [2.24, 2.45) is 4.99 Å². The summed E-state index contributed by atoms with van der Waals surface area (Å²) < 4.78 is 14.4. The summed E-state index contributed by atoms with van der Waals surface area (Å²) in [5, 5.41) is 9.33. The Balaban J connectivity index is 2.15. The maximum atomic E-state index is 13.8. The fraction of sp³-hybridized carbons (Fsp3) is 0. The van der Waals surface area contributed by atoms with E-state index in [-0.39, 0.29) is 11.5 Å². The van der Waals surface area contributed by atoms with Gasteiger partial charge < -0.3 is 4.98 Å². The van der Waals surface area contributed by atoms with E-state index in [9.17, 15) is 9.60 Å². The molecule has 0 radical (unpaired) electrons. The maximum absolute atomic E-state index is 13.8. The highest BCUT2D eigenvalue weighted by Crippen LogP contribution is 2.24. The number of imidazole rings is 1. The van der Waals surface area contributed by atoms with Crippen LogP contribution in [0.15, 0.2) is 46.3 Å². The van der Waals surface area contributed by atoms with E-state index in [0.717, 1.165) is 0 Å². The summed E-state index contributed by atoms with van der Waals surface area (Å²) in [5.74, 6) is -0.412. The van der Waals surface area contributed by atoms with Crippen molar-refractivity contribution in [2.45, 2.75) is 0 Å². The van der Waals surface area contributed by atoms with E-state index in [1.54, 1.807) is 12.1 Å². The van der Waals surface area contributed by atoms with Crippen molar-refractivity contribution in [3.63, 3.8) is 0 Å². The number of fused-ring (bicyclic) bond motifs is 1. The molecule has 3 N–H and O–H groups in total. The summed E-state index contributed by atoms with van der Waals surface area (Å²) in [5.41, 5.74) is 3.67. The second-order valence-corrected chi connectivity index (χ2v) is 5.04. The molecule has 0 aliphatic heterocycles. The van der Waals surface area contributed by atoms with Crippen LogP contribution in [0, 0.1) is 5.82 Å². The molecule has 6 nitrogen and oxygen atoms in total. The van der Waals surface area contributed by atoms with E-state index in [4.69, 9.17) is 0 Å². The van der Waals surface area contributed by atoms with Gasteiger partial charge in [-0.1, -0.05) is 15.9 Å². The topological polar surface area (TPSA) is 86.2 Å². The molecule has 2 aromatic heterocycles. The Bertz CT molecular complexity index is 832. The zero-order valence-electron chi connectivity index (χ0n) is 10.5. The third kappa shape index (κ3) is 2.63. The minimum absolute atomic E-state index is 0.0867. The number of aliphatic imine (C=N–C) groups is 1. The summed E-state index contributed by atoms with van der Waals surface area (Å²) >= 11 is 3.25. The van der Waals surface area contributed by atoms with Crippen LogP contribution < -0.4 is 5.48 Å². The lowest BCUT2D eigenvalue weighted by Crippen LogP contribution is -2.20. The summed E-state index contributed by atoms with van der Waals surface area (Å²) in [6, 6.07) is 6.01. The molecule has 0 saturated heterocycles. The number of rotatable bonds is 2. The molecule has 8 heteroatoms. The SMILES string of the molecule is ONC(=Nc1cc(Br)ccc1F)c1ccnc2nc[nH]c12. The fourth-order valence-electron chi connectivity index (χ4n) is 1.88. The Morgan fingerprint density at radius 1 is 1.33 bits per heavy atom. The number of hydroxylamine groups is 1. The first-order valence-corrected chi connectivity index (χ1v) is 6.70. The number of halogens is 2. The van der Waals surface area contributed by atoms with Crippen LogP contribution in [0.5, 0.6) is 0 Å². The van der Waals surface area contributed by atoms with Gasteiger partial charge in [0.25, 0.3) is 0 Å². The van der Waals surface area contributed by atoms with Gasteiger partial charge >= 0.3 is 0 Å². The van der Waals surface area contributed by atoms with Gasteiger partial charge in [-0.2, -0.15) is 0 Å². The Labute approximate surface area is 126 Å². The largest absolute Gasteiger partial charge is 0.343 e. The molecular weight excluding hydrogens is 341 g/mol. The van der Waals surface area contributed by atoms with Crippen LogP contribution in [0.2, 0.25) is 0 Å². The number of hydrogen-bond acceptors (Lipinski definition) is 4. The third-order valence-corrected chi connectivity index (χ3v) is 3.32. The van der Waals surface area contributed by atoms with Crippen molar-refractivity contribution in [1.29, 1.82) is 0 Å². The molecule has 0 aliphatic rings. The molecule has 3 aromatic rings. The second-order valence-electron chi connectivity index (χ2n) is 4.13. The molecule has 0 spiro atoms. The van der Waals surface area contributed by atoms with E-state index < -0.39 is 5.82 Å². The lowest BCUT2D eigenvalue weighted by atomic mass is 10.2. The summed E-state index contributed by atoms with van der Waals surface area (Å²) in [6.07, 6.45) is 3.01. The van der Waals surface area contributed by atoms with E-state index in [1.165, 1.54) is 24.7 Å². The predicted octanol–water partition coefficient (Wildman–Crippen LogP) is 2.92. The number of aromatic nitrogens is 3. The molecule has 0 atom stereocenters. The first-order valence-electron chi connectivity index (χ1n) is 5.91. The van der Waals surface area contributed by atoms with E-state index >= 15 is 0 Å². The van der Waals surface area contributed by atoms with Crippen molar-refractivity contribution in [3.8, 4) is 0 Å². The molecular formula is C13H9BrFN5O. The lowest BCUT2D eigenvalue weighted by Gasteiger charge is -2.06. The molecule has 0 aliphatic carbocycles. The highest BCUT2D eigenvalue weighted by Gasteiger charge is 2.11. The van der Waals surface area contributed by atoms with Crippen molar-refractivity contribution < 1.29 is 9.60 Å². The van der Waals surface area contributed by atoms with Gasteiger partial charge in [-0.15, -0.1) is 0 Å². The molecule has 0 fully saturated rings. The second kappa shape index (κ2) is 5.58. The molecule has 0 bridgehead atoms. The predicted molar refractivity (Wildman–Crippen MR) is 79.1 cm³/mol. The number of nitrogens with zero attached hydrogens (tertiary/aromatic N) is 3. The van der Waals surface area contributed by atoms with Gasteiger partial charge in [-0.05, 0) is 24.3 Å². The van der Waals surface area contributed by atoms with Gasteiger partial charge in [-0.25, -0.2) is 19.4 Å². The molecule has 2 heterocycles. The number of H-pyrrole nitrogens is 1. The van der Waals surface area contributed by atoms with Crippen LogP contribution in [0.3, 0.4) is 0 Å². The Hall–Kier alpha value is -2.32. The monoisotopic (exact) mass is 349 g/mol. The first kappa shape index (κ1) is 13.7. The molecule has 3 rings (SSSR count). The zero-order chi connectivity index (χ0) is 14.8. The van der Waals surface area contributed by atoms with Crippen LogP contribution in [0.1, 0.15) is 5.56 Å². The Morgan fingerprint density at radius 3 is 3.00 bits per heavy atom. The van der Waals surface area contributed by atoms with Crippen LogP contribution in [0.4, 0.5) is 10.1 Å². The molecule has 0 saturated carbocycles. The molecule has 1 aromatic carbocycles. The lowest BCUT2D eigenvalue weighted by molar-refractivity contribution is 0.235. The van der Waals surface area contributed by atoms with E-state index in [0.29, 0.717) is 21.2 Å². The average molecular weight is 350 g/mol. The van der Waals surface area contributed by atoms with Gasteiger partial charge in [-0.3, -0.25) is 10.7 Å². The molecule has 106 valence electrons. The van der Waals surface area contributed by atoms with Crippen LogP contribution >= 0.6 is 15.9 Å². The van der Waals surface area contributed by atoms with Crippen LogP contribution in [-0.4, -0.2) is 26.0 Å². The zero-order valence-corrected chi connectivity index (χ0v) is 12.1. The van der Waals surface area contributed by atoms with Crippen molar-refractivity contribution in [2.75, 3.05) is 0 Å². The number of pyridine rings is 1. The Kier molecular flexibility index (Phi) is 3.63. The minimum atomic E-state index is -0.499. The van der Waals surface area contributed by atoms with Gasteiger partial charge in [0.1, 0.15) is 11.5 Å². The summed E-state index contributed by atoms with van der Waals surface area (Å²) in [7, 11) is 0. The Morgan fingerprint density at radius 2 is 2.19 bits per heavy atom. The number of aromatic amines is 1. The molecule has 0 amide bonds. The summed E-state index contributed by atoms with van der Waals surface area (Å²) in [4.78, 5) is 15.1. The van der Waals surface area contributed by atoms with Crippen LogP contribution in [0.25, 0.3) is 11.2 Å². The number of hydrogen-bond donors (Lipinski definition) is 3. The molecule has 0 unspecified atom stereocenters. The number of nitrogens with one attached hydrogen (secondary N) is 2. The van der Waals surface area contributed by atoms with Crippen molar-refractivity contribution in [1.82, 2.24) is 20.4 Å². The van der Waals surface area contributed by atoms with E-state index in [2.05, 4.69) is 35.9 Å². The highest BCUT2D eigenvalue weighted by atomic mass is 79.9. The highest BCUT2D eigenvalue weighted by molar-refractivity contribution is 9.10. The maximum Gasteiger partial charge on any atom is 0.178 e. The van der Waals surface area contributed by atoms with Gasteiger partial charge in [0.2, 0.25) is 0 Å². The minimum Gasteiger partial charge on any atom is -0.343 e. The average Bonchev–Trinajstić information content (AvgIpc) is 2.96.